The molecule has 0 aromatic carbocycles. The summed E-state index contributed by atoms with van der Waals surface area (Å²) in [5, 5.41) is 2.57. The number of rotatable bonds is 6. The second kappa shape index (κ2) is 7.55. The molecule has 6 heteroatoms. The molecular weight excluding hydrogens is 240 g/mol. The van der Waals surface area contributed by atoms with Crippen molar-refractivity contribution in [3.63, 3.8) is 0 Å². The Bertz CT molecular complexity index is 264. The Kier molecular flexibility index (Phi) is 7.22. The van der Waals surface area contributed by atoms with Crippen molar-refractivity contribution < 1.29 is 14.3 Å². The fourth-order valence-corrected chi connectivity index (χ4v) is 1.58. The Morgan fingerprint density at radius 1 is 1.41 bits per heavy atom. The van der Waals surface area contributed by atoms with E-state index in [-0.39, 0.29) is 12.5 Å². The predicted molar refractivity (Wildman–Crippen MR) is 69.8 cm³/mol. The quantitative estimate of drug-likeness (QED) is 0.682. The topological polar surface area (TPSA) is 81.4 Å². The number of carbonyl (C=O) groups excluding carboxylic acids is 2. The monoisotopic (exact) mass is 262 g/mol. The number of hydrogen-bond donors (Lipinski definition) is 2. The van der Waals surface area contributed by atoms with Gasteiger partial charge in [0.15, 0.2) is 0 Å². The van der Waals surface area contributed by atoms with Crippen molar-refractivity contribution in [3.8, 4) is 0 Å². The lowest BCUT2D eigenvalue weighted by Crippen LogP contribution is -2.46. The van der Waals surface area contributed by atoms with E-state index in [1.54, 1.807) is 32.5 Å². The molecule has 0 fully saturated rings. The highest BCUT2D eigenvalue weighted by Crippen LogP contribution is 2.11. The molecule has 0 unspecified atom stereocenters. The maximum absolute atomic E-state index is 11.8. The highest BCUT2D eigenvalue weighted by Gasteiger charge is 2.25. The van der Waals surface area contributed by atoms with Crippen molar-refractivity contribution in [2.75, 3.05) is 18.6 Å². The van der Waals surface area contributed by atoms with Crippen molar-refractivity contribution in [1.82, 2.24) is 5.32 Å². The van der Waals surface area contributed by atoms with Crippen LogP contribution in [0.2, 0.25) is 0 Å². The molecule has 0 heterocycles. The average Bonchev–Trinajstić information content (AvgIpc) is 2.21. The first kappa shape index (κ1) is 16.2. The Balaban J connectivity index is 4.44. The lowest BCUT2D eigenvalue weighted by molar-refractivity contribution is -0.158. The summed E-state index contributed by atoms with van der Waals surface area (Å²) in [6.45, 7) is 5.25. The SMILES string of the molecule is CSCC[C@H](NC(=O)CN)C(=O)OC(C)(C)C. The third kappa shape index (κ3) is 8.04. The first-order chi connectivity index (χ1) is 7.80. The van der Waals surface area contributed by atoms with E-state index in [1.165, 1.54) is 0 Å². The molecule has 0 rings (SSSR count). The van der Waals surface area contributed by atoms with Gasteiger partial charge in [0, 0.05) is 0 Å². The maximum atomic E-state index is 11.8. The standard InChI is InChI=1S/C11H22N2O3S/c1-11(2,3)16-10(15)8(5-6-17-4)13-9(14)7-12/h8H,5-7,12H2,1-4H3,(H,13,14)/t8-/m0/s1. The maximum Gasteiger partial charge on any atom is 0.329 e. The van der Waals surface area contributed by atoms with Crippen LogP contribution in [0, 0.1) is 0 Å². The van der Waals surface area contributed by atoms with Gasteiger partial charge in [-0.2, -0.15) is 11.8 Å². The van der Waals surface area contributed by atoms with E-state index in [2.05, 4.69) is 5.32 Å². The Labute approximate surface area is 107 Å². The first-order valence-corrected chi connectivity index (χ1v) is 6.90. The van der Waals surface area contributed by atoms with Gasteiger partial charge in [0.1, 0.15) is 11.6 Å². The van der Waals surface area contributed by atoms with Crippen LogP contribution in [0.5, 0.6) is 0 Å². The van der Waals surface area contributed by atoms with Crippen LogP contribution >= 0.6 is 11.8 Å². The first-order valence-electron chi connectivity index (χ1n) is 5.51. The van der Waals surface area contributed by atoms with Crippen molar-refractivity contribution >= 4 is 23.6 Å². The van der Waals surface area contributed by atoms with Gasteiger partial charge in [-0.15, -0.1) is 0 Å². The molecule has 0 aromatic rings. The van der Waals surface area contributed by atoms with Crippen LogP contribution in [0.1, 0.15) is 27.2 Å². The average molecular weight is 262 g/mol. The van der Waals surface area contributed by atoms with Gasteiger partial charge in [-0.25, -0.2) is 4.79 Å². The number of nitrogens with two attached hydrogens (primary N) is 1. The van der Waals surface area contributed by atoms with Crippen LogP contribution < -0.4 is 11.1 Å². The Hall–Kier alpha value is -0.750. The van der Waals surface area contributed by atoms with Crippen molar-refractivity contribution in [2.24, 2.45) is 5.73 Å². The number of ether oxygens (including phenoxy) is 1. The fraction of sp³-hybridized carbons (Fsp3) is 0.818. The molecule has 0 aliphatic carbocycles. The van der Waals surface area contributed by atoms with Crippen molar-refractivity contribution in [2.45, 2.75) is 38.8 Å². The van der Waals surface area contributed by atoms with Gasteiger partial charge in [-0.05, 0) is 39.2 Å². The second-order valence-electron chi connectivity index (χ2n) is 4.64. The molecule has 0 saturated carbocycles. The van der Waals surface area contributed by atoms with Gasteiger partial charge >= 0.3 is 5.97 Å². The molecule has 100 valence electrons. The molecule has 0 aliphatic heterocycles. The largest absolute Gasteiger partial charge is 0.458 e. The van der Waals surface area contributed by atoms with Gasteiger partial charge in [-0.3, -0.25) is 4.79 Å². The highest BCUT2D eigenvalue weighted by atomic mass is 32.2. The molecule has 3 N–H and O–H groups in total. The van der Waals surface area contributed by atoms with Crippen LogP contribution in [0.25, 0.3) is 0 Å². The number of esters is 1. The summed E-state index contributed by atoms with van der Waals surface area (Å²) in [6, 6.07) is -0.613. The summed E-state index contributed by atoms with van der Waals surface area (Å²) in [6.07, 6.45) is 2.48. The Morgan fingerprint density at radius 2 is 2.00 bits per heavy atom. The van der Waals surface area contributed by atoms with Crippen LogP contribution in [0.15, 0.2) is 0 Å². The molecule has 17 heavy (non-hydrogen) atoms. The second-order valence-corrected chi connectivity index (χ2v) is 5.62. The molecule has 5 nitrogen and oxygen atoms in total. The molecule has 0 bridgehead atoms. The third-order valence-corrected chi connectivity index (χ3v) is 2.47. The number of nitrogens with one attached hydrogen (secondary N) is 1. The molecule has 1 amide bonds. The summed E-state index contributed by atoms with van der Waals surface area (Å²) >= 11 is 1.61. The lowest BCUT2D eigenvalue weighted by atomic mass is 10.1. The highest BCUT2D eigenvalue weighted by molar-refractivity contribution is 7.98. The molecule has 0 aliphatic rings. The molecule has 0 spiro atoms. The van der Waals surface area contributed by atoms with E-state index in [0.717, 1.165) is 5.75 Å². The van der Waals surface area contributed by atoms with E-state index < -0.39 is 17.6 Å². The zero-order valence-electron chi connectivity index (χ0n) is 10.9. The summed E-state index contributed by atoms with van der Waals surface area (Å²) in [4.78, 5) is 23.0. The summed E-state index contributed by atoms with van der Waals surface area (Å²) in [7, 11) is 0. The van der Waals surface area contributed by atoms with Crippen LogP contribution in [0.4, 0.5) is 0 Å². The molecule has 0 radical (unpaired) electrons. The lowest BCUT2D eigenvalue weighted by Gasteiger charge is -2.24. The zero-order valence-corrected chi connectivity index (χ0v) is 11.7. The van der Waals surface area contributed by atoms with Crippen LogP contribution in [0.3, 0.4) is 0 Å². The molecule has 0 saturated heterocycles. The van der Waals surface area contributed by atoms with Crippen LogP contribution in [-0.4, -0.2) is 42.1 Å². The third-order valence-electron chi connectivity index (χ3n) is 1.82. The van der Waals surface area contributed by atoms with E-state index in [9.17, 15) is 9.59 Å². The number of hydrogen-bond acceptors (Lipinski definition) is 5. The van der Waals surface area contributed by atoms with E-state index in [1.807, 2.05) is 6.26 Å². The fourth-order valence-electron chi connectivity index (χ4n) is 1.11. The van der Waals surface area contributed by atoms with Gasteiger partial charge in [-0.1, -0.05) is 0 Å². The molecule has 1 atom stereocenters. The minimum Gasteiger partial charge on any atom is -0.458 e. The molecular formula is C11H22N2O3S. The number of carbonyl (C=O) groups is 2. The van der Waals surface area contributed by atoms with Gasteiger partial charge in [0.25, 0.3) is 0 Å². The smallest absolute Gasteiger partial charge is 0.329 e. The summed E-state index contributed by atoms with van der Waals surface area (Å²) in [5.41, 5.74) is 4.65. The van der Waals surface area contributed by atoms with Crippen molar-refractivity contribution in [3.05, 3.63) is 0 Å². The van der Waals surface area contributed by atoms with Gasteiger partial charge in [0.2, 0.25) is 5.91 Å². The zero-order chi connectivity index (χ0) is 13.5. The number of amides is 1. The normalized spacial score (nSPS) is 13.0. The van der Waals surface area contributed by atoms with Gasteiger partial charge < -0.3 is 15.8 Å². The predicted octanol–water partition coefficient (Wildman–Crippen LogP) is 0.525. The number of thioether (sulfide) groups is 1. The van der Waals surface area contributed by atoms with E-state index in [4.69, 9.17) is 10.5 Å². The van der Waals surface area contributed by atoms with E-state index in [0.29, 0.717) is 6.42 Å². The summed E-state index contributed by atoms with van der Waals surface area (Å²) in [5.74, 6) is 0.0182. The van der Waals surface area contributed by atoms with Gasteiger partial charge in [0.05, 0.1) is 6.54 Å². The summed E-state index contributed by atoms with van der Waals surface area (Å²) < 4.78 is 5.24. The van der Waals surface area contributed by atoms with E-state index >= 15 is 0 Å². The minimum absolute atomic E-state index is 0.126. The van der Waals surface area contributed by atoms with Crippen molar-refractivity contribution in [1.29, 1.82) is 0 Å². The van der Waals surface area contributed by atoms with Crippen LogP contribution in [-0.2, 0) is 14.3 Å². The minimum atomic E-state index is -0.613. The Morgan fingerprint density at radius 3 is 2.41 bits per heavy atom. The molecule has 0 aromatic heterocycles.